The molecule has 0 spiro atoms. The zero-order valence-electron chi connectivity index (χ0n) is 11.6. The molecule has 1 aliphatic carbocycles. The van der Waals surface area contributed by atoms with Crippen molar-refractivity contribution < 1.29 is 4.39 Å². The first kappa shape index (κ1) is 13.3. The highest BCUT2D eigenvalue weighted by molar-refractivity contribution is 5.39. The minimum Gasteiger partial charge on any atom is -0.327 e. The molecule has 1 atom stereocenters. The normalized spacial score (nSPS) is 18.3. The smallest absolute Gasteiger partial charge is 0.173 e. The van der Waals surface area contributed by atoms with Crippen molar-refractivity contribution in [2.24, 2.45) is 5.73 Å². The fraction of sp³-hybridized carbons (Fsp3) is 0.333. The third kappa shape index (κ3) is 2.25. The fourth-order valence-electron chi connectivity index (χ4n) is 2.89. The molecule has 1 unspecified atom stereocenters. The Morgan fingerprint density at radius 2 is 1.70 bits per heavy atom. The van der Waals surface area contributed by atoms with Crippen LogP contribution in [-0.4, -0.2) is 6.54 Å². The molecule has 1 fully saturated rings. The quantitative estimate of drug-likeness (QED) is 0.887. The first-order chi connectivity index (χ1) is 9.74. The third-order valence-electron chi connectivity index (χ3n) is 4.43. The second kappa shape index (κ2) is 5.37. The monoisotopic (exact) mass is 269 g/mol. The van der Waals surface area contributed by atoms with Gasteiger partial charge in [0.15, 0.2) is 5.67 Å². The summed E-state index contributed by atoms with van der Waals surface area (Å²) in [4.78, 5) is 0. The summed E-state index contributed by atoms with van der Waals surface area (Å²) < 4.78 is 15.4. The molecule has 0 aromatic heterocycles. The summed E-state index contributed by atoms with van der Waals surface area (Å²) in [6.45, 7) is -0.0366. The molecule has 0 aliphatic heterocycles. The summed E-state index contributed by atoms with van der Waals surface area (Å²) >= 11 is 0. The number of benzene rings is 2. The molecule has 2 aromatic carbocycles. The van der Waals surface area contributed by atoms with E-state index in [9.17, 15) is 0 Å². The van der Waals surface area contributed by atoms with Crippen LogP contribution in [0.3, 0.4) is 0 Å². The Labute approximate surface area is 119 Å². The molecule has 0 amide bonds. The van der Waals surface area contributed by atoms with Crippen LogP contribution in [0.25, 0.3) is 0 Å². The predicted octanol–water partition coefficient (Wildman–Crippen LogP) is 4.13. The highest BCUT2D eigenvalue weighted by Gasteiger charge is 2.33. The maximum Gasteiger partial charge on any atom is 0.173 e. The highest BCUT2D eigenvalue weighted by Crippen LogP contribution is 2.39. The molecule has 1 saturated carbocycles. The van der Waals surface area contributed by atoms with Gasteiger partial charge < -0.3 is 5.73 Å². The molecular formula is C18H20FN. The van der Waals surface area contributed by atoms with Crippen molar-refractivity contribution in [3.63, 3.8) is 0 Å². The van der Waals surface area contributed by atoms with E-state index >= 15 is 4.39 Å². The van der Waals surface area contributed by atoms with Gasteiger partial charge in [-0.1, -0.05) is 61.0 Å². The van der Waals surface area contributed by atoms with Crippen molar-refractivity contribution in [1.82, 2.24) is 0 Å². The van der Waals surface area contributed by atoms with Gasteiger partial charge in [0.25, 0.3) is 0 Å². The van der Waals surface area contributed by atoms with Crippen molar-refractivity contribution in [1.29, 1.82) is 0 Å². The summed E-state index contributed by atoms with van der Waals surface area (Å²) in [6.07, 6.45) is 3.72. The van der Waals surface area contributed by atoms with Gasteiger partial charge in [-0.05, 0) is 35.4 Å². The molecule has 104 valence electrons. The minimum atomic E-state index is -1.60. The zero-order valence-corrected chi connectivity index (χ0v) is 11.6. The van der Waals surface area contributed by atoms with Crippen molar-refractivity contribution in [3.8, 4) is 0 Å². The number of alkyl halides is 1. The predicted molar refractivity (Wildman–Crippen MR) is 80.4 cm³/mol. The number of hydrogen-bond acceptors (Lipinski definition) is 1. The maximum atomic E-state index is 15.4. The lowest BCUT2D eigenvalue weighted by atomic mass is 9.78. The Bertz CT molecular complexity index is 577. The van der Waals surface area contributed by atoms with Gasteiger partial charge >= 0.3 is 0 Å². The number of hydrogen-bond donors (Lipinski definition) is 1. The van der Waals surface area contributed by atoms with Crippen molar-refractivity contribution >= 4 is 0 Å². The van der Waals surface area contributed by atoms with E-state index in [-0.39, 0.29) is 6.54 Å². The van der Waals surface area contributed by atoms with Crippen molar-refractivity contribution in [3.05, 3.63) is 71.3 Å². The van der Waals surface area contributed by atoms with E-state index < -0.39 is 5.67 Å². The third-order valence-corrected chi connectivity index (χ3v) is 4.43. The Balaban J connectivity index is 2.00. The van der Waals surface area contributed by atoms with Gasteiger partial charge in [0.2, 0.25) is 0 Å². The van der Waals surface area contributed by atoms with E-state index in [4.69, 9.17) is 5.73 Å². The van der Waals surface area contributed by atoms with Gasteiger partial charge in [-0.25, -0.2) is 4.39 Å². The van der Waals surface area contributed by atoms with Gasteiger partial charge in [0, 0.05) is 6.54 Å². The molecule has 2 heteroatoms. The first-order valence-electron chi connectivity index (χ1n) is 7.29. The molecule has 1 nitrogen and oxygen atoms in total. The fourth-order valence-corrected chi connectivity index (χ4v) is 2.89. The zero-order chi connectivity index (χ0) is 14.0. The van der Waals surface area contributed by atoms with Crippen LogP contribution < -0.4 is 5.73 Å². The molecule has 0 heterocycles. The molecule has 0 bridgehead atoms. The Kier molecular flexibility index (Phi) is 3.58. The van der Waals surface area contributed by atoms with Crippen LogP contribution in [0.1, 0.15) is 41.9 Å². The van der Waals surface area contributed by atoms with E-state index in [2.05, 4.69) is 6.07 Å². The van der Waals surface area contributed by atoms with Crippen LogP contribution in [0.4, 0.5) is 4.39 Å². The lowest BCUT2D eigenvalue weighted by molar-refractivity contribution is 0.232. The summed E-state index contributed by atoms with van der Waals surface area (Å²) in [5.74, 6) is 0.604. The molecule has 20 heavy (non-hydrogen) atoms. The molecule has 3 rings (SSSR count). The van der Waals surface area contributed by atoms with Crippen LogP contribution in [-0.2, 0) is 5.67 Å². The molecular weight excluding hydrogens is 249 g/mol. The summed E-state index contributed by atoms with van der Waals surface area (Å²) in [7, 11) is 0. The van der Waals surface area contributed by atoms with Gasteiger partial charge in [0.1, 0.15) is 0 Å². The topological polar surface area (TPSA) is 26.0 Å². The van der Waals surface area contributed by atoms with E-state index in [0.29, 0.717) is 17.0 Å². The number of nitrogens with two attached hydrogens (primary N) is 1. The van der Waals surface area contributed by atoms with E-state index in [1.807, 2.05) is 48.5 Å². The average molecular weight is 269 g/mol. The summed E-state index contributed by atoms with van der Waals surface area (Å²) in [5.41, 5.74) is 6.73. The number of rotatable bonds is 4. The van der Waals surface area contributed by atoms with Crippen molar-refractivity contribution in [2.45, 2.75) is 30.8 Å². The van der Waals surface area contributed by atoms with E-state index in [0.717, 1.165) is 0 Å². The molecule has 0 saturated heterocycles. The highest BCUT2D eigenvalue weighted by atomic mass is 19.1. The summed E-state index contributed by atoms with van der Waals surface area (Å²) in [5, 5.41) is 0. The first-order valence-corrected chi connectivity index (χ1v) is 7.29. The second-order valence-electron chi connectivity index (χ2n) is 5.62. The Morgan fingerprint density at radius 1 is 1.00 bits per heavy atom. The van der Waals surface area contributed by atoms with Crippen LogP contribution >= 0.6 is 0 Å². The van der Waals surface area contributed by atoms with E-state index in [1.165, 1.54) is 24.8 Å². The van der Waals surface area contributed by atoms with Crippen molar-refractivity contribution in [2.75, 3.05) is 6.54 Å². The maximum absolute atomic E-state index is 15.4. The lowest BCUT2D eigenvalue weighted by Crippen LogP contribution is -2.31. The average Bonchev–Trinajstić information content (AvgIpc) is 2.46. The minimum absolute atomic E-state index is 0.0366. The molecule has 0 radical (unpaired) electrons. The van der Waals surface area contributed by atoms with Gasteiger partial charge in [-0.15, -0.1) is 0 Å². The standard InChI is InChI=1S/C18H20FN/c19-18(13-20,16-9-2-1-3-10-16)17-11-5-8-15(12-17)14-6-4-7-14/h1-3,5,8-12,14H,4,6-7,13,20H2. The second-order valence-corrected chi connectivity index (χ2v) is 5.62. The number of halogens is 1. The largest absolute Gasteiger partial charge is 0.327 e. The van der Waals surface area contributed by atoms with Crippen LogP contribution in [0.5, 0.6) is 0 Å². The van der Waals surface area contributed by atoms with Gasteiger partial charge in [-0.3, -0.25) is 0 Å². The van der Waals surface area contributed by atoms with Crippen LogP contribution in [0.2, 0.25) is 0 Å². The van der Waals surface area contributed by atoms with Crippen LogP contribution in [0.15, 0.2) is 54.6 Å². The van der Waals surface area contributed by atoms with E-state index in [1.54, 1.807) is 0 Å². The van der Waals surface area contributed by atoms with Gasteiger partial charge in [-0.2, -0.15) is 0 Å². The molecule has 2 aromatic rings. The molecule has 1 aliphatic rings. The van der Waals surface area contributed by atoms with Crippen LogP contribution in [0, 0.1) is 0 Å². The SMILES string of the molecule is NCC(F)(c1ccccc1)c1cccc(C2CCC2)c1. The Hall–Kier alpha value is -1.67. The lowest BCUT2D eigenvalue weighted by Gasteiger charge is -2.29. The summed E-state index contributed by atoms with van der Waals surface area (Å²) in [6, 6.07) is 17.1. The molecule has 2 N–H and O–H groups in total. The Morgan fingerprint density at radius 3 is 2.30 bits per heavy atom. The van der Waals surface area contributed by atoms with Gasteiger partial charge in [0.05, 0.1) is 0 Å².